The van der Waals surface area contributed by atoms with E-state index in [0.717, 1.165) is 72.5 Å². The third kappa shape index (κ3) is 5.96. The largest absolute Gasteiger partial charge is 0.394 e. The molecule has 1 saturated heterocycles. The Morgan fingerprint density at radius 1 is 1.02 bits per heavy atom. The van der Waals surface area contributed by atoms with Crippen LogP contribution in [0.2, 0.25) is 0 Å². The van der Waals surface area contributed by atoms with Crippen molar-refractivity contribution in [2.45, 2.75) is 143 Å². The van der Waals surface area contributed by atoms with E-state index in [1.807, 2.05) is 0 Å². The van der Waals surface area contributed by atoms with Gasteiger partial charge in [0.15, 0.2) is 6.29 Å². The summed E-state index contributed by atoms with van der Waals surface area (Å²) in [6.45, 7) is 14.4. The molecule has 3 saturated carbocycles. The topological polar surface area (TPSA) is 99.4 Å². The molecule has 4 N–H and O–H groups in total. The minimum absolute atomic E-state index is 0.101. The highest BCUT2D eigenvalue weighted by Crippen LogP contribution is 2.64. The zero-order valence-electron chi connectivity index (χ0n) is 26.6. The van der Waals surface area contributed by atoms with Crippen LogP contribution in [0.5, 0.6) is 0 Å². The third-order valence-corrected chi connectivity index (χ3v) is 13.2. The van der Waals surface area contributed by atoms with Gasteiger partial charge in [0, 0.05) is 0 Å². The maximum absolute atomic E-state index is 10.5. The van der Waals surface area contributed by atoms with Gasteiger partial charge in [-0.1, -0.05) is 66.0 Å². The van der Waals surface area contributed by atoms with Crippen molar-refractivity contribution in [3.63, 3.8) is 0 Å². The van der Waals surface area contributed by atoms with Gasteiger partial charge in [-0.15, -0.1) is 0 Å². The summed E-state index contributed by atoms with van der Waals surface area (Å²) in [5.74, 6) is 7.43. The number of aliphatic hydroxyl groups is 4. The van der Waals surface area contributed by atoms with Crippen LogP contribution in [0.25, 0.3) is 0 Å². The molecule has 0 radical (unpaired) electrons. The van der Waals surface area contributed by atoms with Crippen LogP contribution in [-0.2, 0) is 9.47 Å². The van der Waals surface area contributed by atoms with Gasteiger partial charge in [0.2, 0.25) is 0 Å². The molecule has 4 fully saturated rings. The lowest BCUT2D eigenvalue weighted by atomic mass is 9.48. The van der Waals surface area contributed by atoms with Crippen molar-refractivity contribution in [1.82, 2.24) is 0 Å². The van der Waals surface area contributed by atoms with E-state index in [-0.39, 0.29) is 11.5 Å². The molecule has 0 aromatic heterocycles. The SMILES string of the molecule is CC[C@H](CC[C@@H](C)[C@H]1CC[C@H]2[C@@H]3CC=C4C[C@H](O[C@@H]5O[C@H](CO)[C@@H](O)[C@H](O)[C@H]5O)CC[C@]4(C)[C@H]3C[C@@H](C)[C@@H]21)C(C)C. The summed E-state index contributed by atoms with van der Waals surface area (Å²) in [5, 5.41) is 40.4. The first-order chi connectivity index (χ1) is 19.5. The average molecular weight is 577 g/mol. The molecular formula is C35H60O6. The molecule has 4 aliphatic carbocycles. The van der Waals surface area contributed by atoms with Crippen molar-refractivity contribution in [2.24, 2.45) is 58.7 Å². The molecule has 236 valence electrons. The Hall–Kier alpha value is -0.500. The van der Waals surface area contributed by atoms with Crippen LogP contribution in [0, 0.1) is 58.7 Å². The molecule has 0 bridgehead atoms. The van der Waals surface area contributed by atoms with Gasteiger partial charge in [0.25, 0.3) is 0 Å². The highest BCUT2D eigenvalue weighted by Gasteiger charge is 2.57. The molecule has 1 heterocycles. The van der Waals surface area contributed by atoms with Crippen LogP contribution in [0.1, 0.15) is 106 Å². The number of hydrogen-bond acceptors (Lipinski definition) is 6. The van der Waals surface area contributed by atoms with Crippen LogP contribution >= 0.6 is 0 Å². The van der Waals surface area contributed by atoms with Crippen LogP contribution in [-0.4, -0.2) is 63.8 Å². The van der Waals surface area contributed by atoms with Gasteiger partial charge in [-0.05, 0) is 110 Å². The fraction of sp³-hybridized carbons (Fsp3) is 0.943. The van der Waals surface area contributed by atoms with E-state index < -0.39 is 37.3 Å². The first-order valence-corrected chi connectivity index (χ1v) is 17.2. The first kappa shape index (κ1) is 31.9. The van der Waals surface area contributed by atoms with Gasteiger partial charge >= 0.3 is 0 Å². The summed E-state index contributed by atoms with van der Waals surface area (Å²) in [7, 11) is 0. The zero-order chi connectivity index (χ0) is 29.6. The standard InChI is InChI=1S/C35H60O6/c1-7-22(19(2)3)9-8-20(4)25-12-13-27-26-11-10-23-17-24(14-15-35(23,6)28(26)16-21(5)30(25)27)40-34-33(39)32(38)31(37)29(18-36)41-34/h10,19-22,24-34,36-39H,7-9,11-18H2,1-6H3/t20-,21-,22-,24-,25-,26+,27+,28+,29-,30-,31-,32+,33-,34-,35+/m1/s1. The lowest BCUT2D eigenvalue weighted by molar-refractivity contribution is -0.313. The van der Waals surface area contributed by atoms with Gasteiger partial charge in [0.05, 0.1) is 12.7 Å². The quantitative estimate of drug-likeness (QED) is 0.263. The van der Waals surface area contributed by atoms with Crippen molar-refractivity contribution < 1.29 is 29.9 Å². The van der Waals surface area contributed by atoms with E-state index in [2.05, 4.69) is 47.6 Å². The average Bonchev–Trinajstić information content (AvgIpc) is 3.40. The third-order valence-electron chi connectivity index (χ3n) is 13.2. The molecule has 6 heteroatoms. The zero-order valence-corrected chi connectivity index (χ0v) is 26.6. The summed E-state index contributed by atoms with van der Waals surface area (Å²) in [6, 6.07) is 0. The smallest absolute Gasteiger partial charge is 0.186 e. The second kappa shape index (κ2) is 12.9. The molecule has 0 amide bonds. The second-order valence-electron chi connectivity index (χ2n) is 15.5. The van der Waals surface area contributed by atoms with Gasteiger partial charge < -0.3 is 29.9 Å². The van der Waals surface area contributed by atoms with Crippen molar-refractivity contribution in [1.29, 1.82) is 0 Å². The number of rotatable bonds is 9. The number of ether oxygens (including phenoxy) is 2. The summed E-state index contributed by atoms with van der Waals surface area (Å²) in [4.78, 5) is 0. The second-order valence-corrected chi connectivity index (χ2v) is 15.5. The lowest BCUT2D eigenvalue weighted by Gasteiger charge is -2.57. The summed E-state index contributed by atoms with van der Waals surface area (Å²) < 4.78 is 11.9. The molecule has 1 aliphatic heterocycles. The number of fused-ring (bicyclic) bond motifs is 5. The molecule has 0 spiro atoms. The monoisotopic (exact) mass is 576 g/mol. The number of hydrogen-bond donors (Lipinski definition) is 4. The van der Waals surface area contributed by atoms with Crippen LogP contribution in [0.3, 0.4) is 0 Å². The van der Waals surface area contributed by atoms with Crippen LogP contribution in [0.4, 0.5) is 0 Å². The van der Waals surface area contributed by atoms with Crippen molar-refractivity contribution in [3.8, 4) is 0 Å². The van der Waals surface area contributed by atoms with Gasteiger partial charge in [0.1, 0.15) is 24.4 Å². The van der Waals surface area contributed by atoms with E-state index >= 15 is 0 Å². The highest BCUT2D eigenvalue weighted by molar-refractivity contribution is 5.25. The molecule has 15 atom stereocenters. The van der Waals surface area contributed by atoms with E-state index in [1.54, 1.807) is 0 Å². The normalized spacial score (nSPS) is 47.7. The molecule has 5 rings (SSSR count). The van der Waals surface area contributed by atoms with Crippen molar-refractivity contribution >= 4 is 0 Å². The Labute approximate surface area is 249 Å². The Balaban J connectivity index is 1.23. The van der Waals surface area contributed by atoms with Gasteiger partial charge in [-0.3, -0.25) is 0 Å². The minimum Gasteiger partial charge on any atom is -0.394 e. The maximum atomic E-state index is 10.5. The van der Waals surface area contributed by atoms with E-state index in [4.69, 9.17) is 9.47 Å². The lowest BCUT2D eigenvalue weighted by Crippen LogP contribution is -2.60. The highest BCUT2D eigenvalue weighted by atomic mass is 16.7. The van der Waals surface area contributed by atoms with Gasteiger partial charge in [-0.25, -0.2) is 0 Å². The molecule has 5 aliphatic rings. The summed E-state index contributed by atoms with van der Waals surface area (Å²) in [6.07, 6.45) is 8.61. The predicted octanol–water partition coefficient (Wildman–Crippen LogP) is 5.70. The Morgan fingerprint density at radius 2 is 1.78 bits per heavy atom. The fourth-order valence-electron chi connectivity index (χ4n) is 10.6. The molecule has 41 heavy (non-hydrogen) atoms. The van der Waals surface area contributed by atoms with E-state index in [0.29, 0.717) is 0 Å². The minimum atomic E-state index is -1.40. The Kier molecular flexibility index (Phi) is 10.0. The molecule has 6 nitrogen and oxygen atoms in total. The van der Waals surface area contributed by atoms with Crippen molar-refractivity contribution in [2.75, 3.05) is 6.61 Å². The summed E-state index contributed by atoms with van der Waals surface area (Å²) in [5.41, 5.74) is 1.71. The molecule has 0 aromatic carbocycles. The first-order valence-electron chi connectivity index (χ1n) is 17.2. The molecule has 0 aromatic rings. The maximum Gasteiger partial charge on any atom is 0.186 e. The predicted molar refractivity (Wildman–Crippen MR) is 161 cm³/mol. The van der Waals surface area contributed by atoms with Crippen LogP contribution < -0.4 is 0 Å². The van der Waals surface area contributed by atoms with Gasteiger partial charge in [-0.2, -0.15) is 0 Å². The van der Waals surface area contributed by atoms with E-state index in [1.165, 1.54) is 50.5 Å². The Bertz CT molecular complexity index is 903. The van der Waals surface area contributed by atoms with Crippen molar-refractivity contribution in [3.05, 3.63) is 11.6 Å². The number of allylic oxidation sites excluding steroid dienone is 1. The summed E-state index contributed by atoms with van der Waals surface area (Å²) >= 11 is 0. The molecule has 0 unspecified atom stereocenters. The Morgan fingerprint density at radius 3 is 2.46 bits per heavy atom. The van der Waals surface area contributed by atoms with Crippen LogP contribution in [0.15, 0.2) is 11.6 Å². The fourth-order valence-corrected chi connectivity index (χ4v) is 10.6. The number of aliphatic hydroxyl groups excluding tert-OH is 4. The molecular weight excluding hydrogens is 516 g/mol. The van der Waals surface area contributed by atoms with E-state index in [9.17, 15) is 20.4 Å².